The van der Waals surface area contributed by atoms with Crippen molar-refractivity contribution < 1.29 is 18.4 Å². The molecule has 35 heavy (non-hydrogen) atoms. The van der Waals surface area contributed by atoms with E-state index in [2.05, 4.69) is 20.5 Å². The van der Waals surface area contributed by atoms with Crippen molar-refractivity contribution >= 4 is 61.3 Å². The number of alkyl halides is 1. The monoisotopic (exact) mass is 516 g/mol. The molecule has 1 aromatic carbocycles. The number of hydrogen-bond donors (Lipinski definition) is 2. The highest BCUT2D eigenvalue weighted by atomic mass is 32.2. The molecule has 2 N–H and O–H groups in total. The molecule has 0 aliphatic heterocycles. The topological polar surface area (TPSA) is 104 Å². The van der Waals surface area contributed by atoms with Crippen molar-refractivity contribution in [3.8, 4) is 11.3 Å². The number of benzene rings is 1. The smallest absolute Gasteiger partial charge is 0.232 e. The van der Waals surface area contributed by atoms with Gasteiger partial charge in [0.05, 0.1) is 34.0 Å². The molecule has 2 amide bonds. The van der Waals surface area contributed by atoms with Crippen LogP contribution in [-0.4, -0.2) is 62.9 Å². The number of carbonyl (C=O) groups excluding carboxylic acids is 2. The second-order valence-corrected chi connectivity index (χ2v) is 10.4. The summed E-state index contributed by atoms with van der Waals surface area (Å²) in [5.41, 5.74) is 2.74. The Labute approximate surface area is 207 Å². The zero-order chi connectivity index (χ0) is 24.9. The maximum Gasteiger partial charge on any atom is 0.232 e. The maximum atomic E-state index is 15.7. The third kappa shape index (κ3) is 4.36. The Morgan fingerprint density at radius 2 is 2.09 bits per heavy atom. The van der Waals surface area contributed by atoms with Crippen LogP contribution in [-0.2, 0) is 16.0 Å². The van der Waals surface area contributed by atoms with E-state index in [1.165, 1.54) is 16.2 Å². The van der Waals surface area contributed by atoms with Crippen molar-refractivity contribution in [1.29, 1.82) is 0 Å². The fourth-order valence-corrected chi connectivity index (χ4v) is 5.75. The summed E-state index contributed by atoms with van der Waals surface area (Å²) < 4.78 is 28.9. The minimum absolute atomic E-state index is 0.101. The third-order valence-corrected chi connectivity index (χ3v) is 7.83. The van der Waals surface area contributed by atoms with Crippen LogP contribution in [0, 0.1) is 11.7 Å². The van der Waals surface area contributed by atoms with Crippen LogP contribution in [0.1, 0.15) is 18.9 Å². The molecule has 2 atom stereocenters. The molecule has 3 aromatic heterocycles. The molecule has 0 spiro atoms. The molecule has 3 heterocycles. The first kappa shape index (κ1) is 23.6. The maximum absolute atomic E-state index is 15.7. The zero-order valence-electron chi connectivity index (χ0n) is 19.2. The average molecular weight is 517 g/mol. The van der Waals surface area contributed by atoms with Gasteiger partial charge in [-0.05, 0) is 30.5 Å². The highest BCUT2D eigenvalue weighted by molar-refractivity contribution is 8.00. The van der Waals surface area contributed by atoms with E-state index in [9.17, 15) is 14.0 Å². The van der Waals surface area contributed by atoms with E-state index in [0.717, 1.165) is 11.8 Å². The second-order valence-electron chi connectivity index (χ2n) is 8.47. The summed E-state index contributed by atoms with van der Waals surface area (Å²) in [5.74, 6) is -1.41. The van der Waals surface area contributed by atoms with Gasteiger partial charge in [0.25, 0.3) is 0 Å². The van der Waals surface area contributed by atoms with Gasteiger partial charge in [-0.15, -0.1) is 11.8 Å². The number of anilines is 1. The van der Waals surface area contributed by atoms with Crippen molar-refractivity contribution in [3.63, 3.8) is 0 Å². The molecule has 1 fully saturated rings. The summed E-state index contributed by atoms with van der Waals surface area (Å²) in [5, 5.41) is 10.7. The quantitative estimate of drug-likeness (QED) is 0.353. The van der Waals surface area contributed by atoms with Gasteiger partial charge >= 0.3 is 0 Å². The van der Waals surface area contributed by atoms with Crippen molar-refractivity contribution in [2.24, 2.45) is 5.92 Å². The van der Waals surface area contributed by atoms with Crippen LogP contribution in [0.5, 0.6) is 0 Å². The van der Waals surface area contributed by atoms with E-state index in [0.29, 0.717) is 54.5 Å². The number of H-pyrrole nitrogens is 1. The van der Waals surface area contributed by atoms with Crippen molar-refractivity contribution in [1.82, 2.24) is 25.1 Å². The molecule has 5 rings (SSSR count). The van der Waals surface area contributed by atoms with E-state index in [1.54, 1.807) is 32.4 Å². The number of hydrogen-bond acceptors (Lipinski definition) is 7. The Balaban J connectivity index is 1.54. The summed E-state index contributed by atoms with van der Waals surface area (Å²) in [7, 11) is 3.32. The van der Waals surface area contributed by atoms with Gasteiger partial charge in [0, 0.05) is 25.0 Å². The van der Waals surface area contributed by atoms with Gasteiger partial charge in [-0.2, -0.15) is 5.10 Å². The fraction of sp³-hybridized carbons (Fsp3) is 0.348. The van der Waals surface area contributed by atoms with Crippen LogP contribution in [0.25, 0.3) is 32.5 Å². The minimum atomic E-state index is -1.09. The molecule has 0 saturated heterocycles. The van der Waals surface area contributed by atoms with Crippen LogP contribution in [0.3, 0.4) is 0 Å². The average Bonchev–Trinajstić information content (AvgIpc) is 3.19. The summed E-state index contributed by atoms with van der Waals surface area (Å²) in [4.78, 5) is 35.6. The molecule has 1 saturated carbocycles. The van der Waals surface area contributed by atoms with Gasteiger partial charge in [-0.3, -0.25) is 14.7 Å². The van der Waals surface area contributed by atoms with Gasteiger partial charge in [0.1, 0.15) is 22.3 Å². The number of pyridine rings is 1. The highest BCUT2D eigenvalue weighted by Gasteiger charge is 2.43. The Kier molecular flexibility index (Phi) is 6.18. The van der Waals surface area contributed by atoms with Crippen molar-refractivity contribution in [2.75, 3.05) is 25.2 Å². The zero-order valence-corrected chi connectivity index (χ0v) is 20.8. The van der Waals surface area contributed by atoms with Gasteiger partial charge in [0.15, 0.2) is 5.13 Å². The molecule has 1 aliphatic carbocycles. The molecular weight excluding hydrogens is 494 g/mol. The molecule has 12 heteroatoms. The van der Waals surface area contributed by atoms with Crippen LogP contribution >= 0.6 is 23.1 Å². The first-order valence-electron chi connectivity index (χ1n) is 11.0. The second kappa shape index (κ2) is 9.15. The predicted octanol–water partition coefficient (Wildman–Crippen LogP) is 4.41. The van der Waals surface area contributed by atoms with E-state index in [-0.39, 0.29) is 24.0 Å². The third-order valence-electron chi connectivity index (χ3n) is 5.89. The van der Waals surface area contributed by atoms with Gasteiger partial charge in [-0.25, -0.2) is 18.7 Å². The predicted molar refractivity (Wildman–Crippen MR) is 133 cm³/mol. The highest BCUT2D eigenvalue weighted by Crippen LogP contribution is 2.41. The minimum Gasteiger partial charge on any atom is -0.348 e. The molecular formula is C23H22F2N6O2S2. The number of nitrogens with one attached hydrogen (secondary N) is 2. The standard InChI is InChI=1S/C23H22F2N6O2S2/c1-4-10-17(12-8-26-30-19(12)20(18(10)25)34-9-16(32)31(2)3)14-5-6-15-22(27-14)35-23(28-15)29-21(33)11-7-13(11)24/h5-6,8,11,13H,4,7,9H2,1-3H3,(H,26,30)(H,28,29,33)/t11-,13+/m1/s1. The number of carbonyl (C=O) groups is 2. The Morgan fingerprint density at radius 1 is 1.31 bits per heavy atom. The fourth-order valence-electron chi connectivity index (χ4n) is 3.83. The molecule has 1 aliphatic rings. The Morgan fingerprint density at radius 3 is 2.77 bits per heavy atom. The van der Waals surface area contributed by atoms with Gasteiger partial charge < -0.3 is 10.2 Å². The van der Waals surface area contributed by atoms with Crippen molar-refractivity contribution in [2.45, 2.75) is 30.8 Å². The van der Waals surface area contributed by atoms with Crippen LogP contribution < -0.4 is 5.32 Å². The largest absolute Gasteiger partial charge is 0.348 e. The summed E-state index contributed by atoms with van der Waals surface area (Å²) >= 11 is 2.32. The van der Waals surface area contributed by atoms with Gasteiger partial charge in [0.2, 0.25) is 11.8 Å². The molecule has 4 aromatic rings. The van der Waals surface area contributed by atoms with Crippen LogP contribution in [0.4, 0.5) is 13.9 Å². The molecule has 0 bridgehead atoms. The lowest BCUT2D eigenvalue weighted by molar-refractivity contribution is -0.125. The van der Waals surface area contributed by atoms with Gasteiger partial charge in [-0.1, -0.05) is 18.3 Å². The molecule has 8 nitrogen and oxygen atoms in total. The number of amides is 2. The van der Waals surface area contributed by atoms with Crippen LogP contribution in [0.2, 0.25) is 0 Å². The lowest BCUT2D eigenvalue weighted by Gasteiger charge is -2.15. The Bertz CT molecular complexity index is 1470. The van der Waals surface area contributed by atoms with Crippen LogP contribution in [0.15, 0.2) is 23.2 Å². The first-order chi connectivity index (χ1) is 16.8. The van der Waals surface area contributed by atoms with E-state index in [4.69, 9.17) is 4.98 Å². The lowest BCUT2D eigenvalue weighted by atomic mass is 9.97. The number of thioether (sulfide) groups is 1. The molecule has 0 unspecified atom stereocenters. The number of nitrogens with zero attached hydrogens (tertiary/aromatic N) is 4. The number of aromatic amines is 1. The number of aromatic nitrogens is 4. The lowest BCUT2D eigenvalue weighted by Crippen LogP contribution is -2.23. The number of fused-ring (bicyclic) bond motifs is 2. The normalized spacial score (nSPS) is 17.2. The van der Waals surface area contributed by atoms with E-state index >= 15 is 4.39 Å². The number of thiazole rings is 1. The first-order valence-corrected chi connectivity index (χ1v) is 12.8. The van der Waals surface area contributed by atoms with E-state index in [1.807, 2.05) is 6.92 Å². The summed E-state index contributed by atoms with van der Waals surface area (Å²) in [6.07, 6.45) is 1.19. The van der Waals surface area contributed by atoms with E-state index < -0.39 is 17.9 Å². The summed E-state index contributed by atoms with van der Waals surface area (Å²) in [6, 6.07) is 3.52. The summed E-state index contributed by atoms with van der Waals surface area (Å²) in [6.45, 7) is 1.86. The SMILES string of the molecule is CCc1c(F)c(SCC(=O)N(C)C)c2[nH]ncc2c1-c1ccc2nc(NC(=O)[C@@H]3C[C@@H]3F)sc2n1. The number of halogens is 2. The number of rotatable bonds is 7. The molecule has 0 radical (unpaired) electrons. The molecule has 182 valence electrons. The van der Waals surface area contributed by atoms with Crippen molar-refractivity contribution in [3.05, 3.63) is 29.7 Å². The Hall–Kier alpha value is -3.12.